The molecule has 1 aliphatic carbocycles. The molecule has 0 spiro atoms. The summed E-state index contributed by atoms with van der Waals surface area (Å²) in [4.78, 5) is 11.4. The Hall–Kier alpha value is -1.50. The average Bonchev–Trinajstić information content (AvgIpc) is 2.85. The summed E-state index contributed by atoms with van der Waals surface area (Å²) in [6, 6.07) is 0.369. The minimum absolute atomic E-state index is 0.0721. The van der Waals surface area contributed by atoms with Crippen molar-refractivity contribution in [3.05, 3.63) is 5.82 Å². The second-order valence-corrected chi connectivity index (χ2v) is 5.41. The molecule has 0 aromatic carbocycles. The molecule has 7 nitrogen and oxygen atoms in total. The number of aromatic nitrogens is 4. The highest BCUT2D eigenvalue weighted by Crippen LogP contribution is 2.24. The summed E-state index contributed by atoms with van der Waals surface area (Å²) in [6.07, 6.45) is 4.07. The van der Waals surface area contributed by atoms with Crippen LogP contribution in [-0.2, 0) is 11.3 Å². The number of nitrogens with zero attached hydrogens (tertiary/aromatic N) is 4. The molecule has 0 saturated heterocycles. The number of nitrogens with one attached hydrogen (secondary N) is 1. The molecule has 1 fully saturated rings. The molecule has 0 radical (unpaired) electrons. The van der Waals surface area contributed by atoms with Crippen LogP contribution < -0.4 is 11.1 Å². The van der Waals surface area contributed by atoms with E-state index in [-0.39, 0.29) is 23.9 Å². The minimum Gasteiger partial charge on any atom is -0.369 e. The van der Waals surface area contributed by atoms with Gasteiger partial charge < -0.3 is 11.1 Å². The van der Waals surface area contributed by atoms with Gasteiger partial charge in [0, 0.05) is 6.04 Å². The molecule has 1 aliphatic rings. The molecule has 1 saturated carbocycles. The van der Waals surface area contributed by atoms with Crippen LogP contribution >= 0.6 is 0 Å². The zero-order valence-electron chi connectivity index (χ0n) is 11.5. The van der Waals surface area contributed by atoms with E-state index in [1.807, 2.05) is 13.8 Å². The van der Waals surface area contributed by atoms with Gasteiger partial charge in [0.1, 0.15) is 0 Å². The molecule has 1 aromatic heterocycles. The van der Waals surface area contributed by atoms with Gasteiger partial charge in [0.15, 0.2) is 5.82 Å². The molecule has 19 heavy (non-hydrogen) atoms. The Morgan fingerprint density at radius 2 is 2.21 bits per heavy atom. The van der Waals surface area contributed by atoms with E-state index in [9.17, 15) is 4.79 Å². The van der Waals surface area contributed by atoms with Crippen molar-refractivity contribution in [1.29, 1.82) is 0 Å². The van der Waals surface area contributed by atoms with E-state index >= 15 is 0 Å². The van der Waals surface area contributed by atoms with Gasteiger partial charge in [-0.05, 0) is 37.1 Å². The Balaban J connectivity index is 1.96. The van der Waals surface area contributed by atoms with Gasteiger partial charge >= 0.3 is 0 Å². The Labute approximate surface area is 112 Å². The van der Waals surface area contributed by atoms with Crippen LogP contribution in [0.2, 0.25) is 0 Å². The van der Waals surface area contributed by atoms with Gasteiger partial charge in [-0.1, -0.05) is 12.8 Å². The van der Waals surface area contributed by atoms with Crippen molar-refractivity contribution >= 4 is 5.91 Å². The summed E-state index contributed by atoms with van der Waals surface area (Å²) in [7, 11) is 0. The Morgan fingerprint density at radius 3 is 2.89 bits per heavy atom. The van der Waals surface area contributed by atoms with E-state index in [0.29, 0.717) is 6.54 Å². The summed E-state index contributed by atoms with van der Waals surface area (Å²) in [5.74, 6) is 0.515. The number of tetrazole rings is 1. The number of rotatable bonds is 5. The molecule has 2 atom stereocenters. The topological polar surface area (TPSA) is 98.7 Å². The second kappa shape index (κ2) is 6.10. The molecule has 7 heteroatoms. The summed E-state index contributed by atoms with van der Waals surface area (Å²) < 4.78 is 1.79. The first kappa shape index (κ1) is 13.9. The monoisotopic (exact) mass is 266 g/mol. The van der Waals surface area contributed by atoms with Crippen molar-refractivity contribution in [2.24, 2.45) is 11.7 Å². The van der Waals surface area contributed by atoms with Gasteiger partial charge in [-0.15, -0.1) is 5.10 Å². The summed E-state index contributed by atoms with van der Waals surface area (Å²) in [5.41, 5.74) is 5.46. The SMILES string of the molecule is CC(C)n1nnnc1CNC1CCCCC1C(N)=O. The first-order valence-corrected chi connectivity index (χ1v) is 6.89. The standard InChI is InChI=1S/C12H22N6O/c1-8(2)18-11(15-16-17-18)7-14-10-6-4-3-5-9(10)12(13)19/h8-10,14H,3-7H2,1-2H3,(H2,13,19). The molecule has 2 rings (SSSR count). The van der Waals surface area contributed by atoms with Gasteiger partial charge in [0.05, 0.1) is 18.5 Å². The van der Waals surface area contributed by atoms with Crippen LogP contribution in [0.5, 0.6) is 0 Å². The fraction of sp³-hybridized carbons (Fsp3) is 0.833. The predicted octanol–water partition coefficient (Wildman–Crippen LogP) is 0.388. The normalized spacial score (nSPS) is 23.7. The zero-order chi connectivity index (χ0) is 13.8. The first-order valence-electron chi connectivity index (χ1n) is 6.89. The highest BCUT2D eigenvalue weighted by molar-refractivity contribution is 5.77. The molecule has 0 bridgehead atoms. The van der Waals surface area contributed by atoms with E-state index in [0.717, 1.165) is 31.5 Å². The molecule has 2 unspecified atom stereocenters. The first-order chi connectivity index (χ1) is 9.09. The van der Waals surface area contributed by atoms with Crippen LogP contribution in [0.15, 0.2) is 0 Å². The van der Waals surface area contributed by atoms with Crippen LogP contribution in [0, 0.1) is 5.92 Å². The third-order valence-electron chi connectivity index (χ3n) is 3.70. The lowest BCUT2D eigenvalue weighted by Crippen LogP contribution is -2.44. The molecule has 1 heterocycles. The number of amides is 1. The lowest BCUT2D eigenvalue weighted by molar-refractivity contribution is -0.123. The number of primary amides is 1. The summed E-state index contributed by atoms with van der Waals surface area (Å²) >= 11 is 0. The lowest BCUT2D eigenvalue weighted by atomic mass is 9.84. The third-order valence-corrected chi connectivity index (χ3v) is 3.70. The minimum atomic E-state index is -0.208. The maximum atomic E-state index is 11.4. The number of carbonyl (C=O) groups excluding carboxylic acids is 1. The van der Waals surface area contributed by atoms with Gasteiger partial charge in [0.2, 0.25) is 5.91 Å². The average molecular weight is 266 g/mol. The van der Waals surface area contributed by atoms with Crippen LogP contribution in [0.4, 0.5) is 0 Å². The van der Waals surface area contributed by atoms with Crippen LogP contribution in [0.25, 0.3) is 0 Å². The largest absolute Gasteiger partial charge is 0.369 e. The van der Waals surface area contributed by atoms with Gasteiger partial charge in [-0.3, -0.25) is 4.79 Å². The van der Waals surface area contributed by atoms with Crippen LogP contribution in [0.3, 0.4) is 0 Å². The van der Waals surface area contributed by atoms with Crippen molar-refractivity contribution in [1.82, 2.24) is 25.5 Å². The summed E-state index contributed by atoms with van der Waals surface area (Å²) in [6.45, 7) is 4.64. The van der Waals surface area contributed by atoms with E-state index in [2.05, 4.69) is 20.8 Å². The number of hydrogen-bond acceptors (Lipinski definition) is 5. The lowest BCUT2D eigenvalue weighted by Gasteiger charge is -2.30. The van der Waals surface area contributed by atoms with Crippen LogP contribution in [0.1, 0.15) is 51.4 Å². The quantitative estimate of drug-likeness (QED) is 0.803. The van der Waals surface area contributed by atoms with Crippen molar-refractivity contribution < 1.29 is 4.79 Å². The van der Waals surface area contributed by atoms with Crippen LogP contribution in [-0.4, -0.2) is 32.2 Å². The van der Waals surface area contributed by atoms with Crippen molar-refractivity contribution in [2.75, 3.05) is 0 Å². The molecule has 1 aromatic rings. The van der Waals surface area contributed by atoms with E-state index < -0.39 is 0 Å². The fourth-order valence-electron chi connectivity index (χ4n) is 2.67. The Bertz CT molecular complexity index is 430. The maximum absolute atomic E-state index is 11.4. The molecular formula is C12H22N6O. The van der Waals surface area contributed by atoms with Crippen molar-refractivity contribution in [3.63, 3.8) is 0 Å². The van der Waals surface area contributed by atoms with Crippen molar-refractivity contribution in [3.8, 4) is 0 Å². The molecule has 106 valence electrons. The number of hydrogen-bond donors (Lipinski definition) is 2. The fourth-order valence-corrected chi connectivity index (χ4v) is 2.67. The Morgan fingerprint density at radius 1 is 1.47 bits per heavy atom. The van der Waals surface area contributed by atoms with E-state index in [4.69, 9.17) is 5.73 Å². The summed E-state index contributed by atoms with van der Waals surface area (Å²) in [5, 5.41) is 15.1. The van der Waals surface area contributed by atoms with E-state index in [1.54, 1.807) is 4.68 Å². The van der Waals surface area contributed by atoms with Gasteiger partial charge in [-0.2, -0.15) is 0 Å². The number of nitrogens with two attached hydrogens (primary N) is 1. The Kier molecular flexibility index (Phi) is 4.47. The maximum Gasteiger partial charge on any atom is 0.222 e. The molecule has 1 amide bonds. The highest BCUT2D eigenvalue weighted by atomic mass is 16.1. The van der Waals surface area contributed by atoms with Gasteiger partial charge in [-0.25, -0.2) is 4.68 Å². The third kappa shape index (κ3) is 3.28. The predicted molar refractivity (Wildman–Crippen MR) is 70.0 cm³/mol. The van der Waals surface area contributed by atoms with Crippen molar-refractivity contribution in [2.45, 2.75) is 58.2 Å². The number of carbonyl (C=O) groups is 1. The van der Waals surface area contributed by atoms with E-state index in [1.165, 1.54) is 0 Å². The second-order valence-electron chi connectivity index (χ2n) is 5.41. The molecular weight excluding hydrogens is 244 g/mol. The van der Waals surface area contributed by atoms with Gasteiger partial charge in [0.25, 0.3) is 0 Å². The highest BCUT2D eigenvalue weighted by Gasteiger charge is 2.29. The molecule has 0 aliphatic heterocycles. The smallest absolute Gasteiger partial charge is 0.222 e. The zero-order valence-corrected chi connectivity index (χ0v) is 11.5. The molecule has 3 N–H and O–H groups in total.